The molecule has 3 aliphatic carbocycles. The highest BCUT2D eigenvalue weighted by molar-refractivity contribution is 6.17. The van der Waals surface area contributed by atoms with Crippen LogP contribution >= 0.6 is 0 Å². The van der Waals surface area contributed by atoms with Crippen molar-refractivity contribution >= 4 is 34.8 Å². The lowest BCUT2D eigenvalue weighted by Crippen LogP contribution is -2.60. The minimum Gasteiger partial charge on any atom is -0.467 e. The van der Waals surface area contributed by atoms with Crippen LogP contribution in [-0.2, 0) is 32.3 Å². The number of imide groups is 2. The largest absolute Gasteiger partial charge is 0.467 e. The van der Waals surface area contributed by atoms with E-state index in [1.54, 1.807) is 24.3 Å². The summed E-state index contributed by atoms with van der Waals surface area (Å²) in [5.74, 6) is -4.12. The van der Waals surface area contributed by atoms with E-state index in [-0.39, 0.29) is 36.7 Å². The first kappa shape index (κ1) is 26.6. The molecule has 0 N–H and O–H groups in total. The molecule has 2 aliphatic heterocycles. The molecule has 5 aliphatic rings. The molecular weight excluding hydrogens is 556 g/mol. The van der Waals surface area contributed by atoms with Crippen LogP contribution in [0.3, 0.4) is 0 Å². The molecule has 2 aromatic carbocycles. The molecule has 4 aromatic rings. The molecule has 2 aromatic heterocycles. The van der Waals surface area contributed by atoms with E-state index >= 15 is 0 Å². The zero-order valence-electron chi connectivity index (χ0n) is 24.1. The maximum absolute atomic E-state index is 14.6. The predicted molar refractivity (Wildman–Crippen MR) is 158 cm³/mol. The average molecular weight is 587 g/mol. The number of likely N-dealkylation sites (tertiary alicyclic amines) is 2. The number of carbonyl (C=O) groups excluding carboxylic acids is 4. The number of nitrogens with zero attached hydrogens (tertiary/aromatic N) is 2. The van der Waals surface area contributed by atoms with Crippen molar-refractivity contribution in [3.63, 3.8) is 0 Å². The number of allylic oxidation sites excluding steroid dienone is 2. The van der Waals surface area contributed by atoms with Crippen LogP contribution in [0, 0.1) is 35.0 Å². The molecule has 0 radical (unpaired) electrons. The van der Waals surface area contributed by atoms with Gasteiger partial charge >= 0.3 is 0 Å². The first-order valence-electron chi connectivity index (χ1n) is 15.1. The van der Waals surface area contributed by atoms with Gasteiger partial charge in [-0.25, -0.2) is 0 Å². The summed E-state index contributed by atoms with van der Waals surface area (Å²) in [6, 6.07) is 26.6. The Morgan fingerprint density at radius 3 is 1.50 bits per heavy atom. The van der Waals surface area contributed by atoms with Crippen molar-refractivity contribution < 1.29 is 28.0 Å². The lowest BCUT2D eigenvalue weighted by molar-refractivity contribution is -0.146. The van der Waals surface area contributed by atoms with Crippen LogP contribution in [-0.4, -0.2) is 33.4 Å². The molecule has 8 heteroatoms. The first-order chi connectivity index (χ1) is 21.5. The zero-order chi connectivity index (χ0) is 30.2. The van der Waals surface area contributed by atoms with Gasteiger partial charge < -0.3 is 8.83 Å². The summed E-state index contributed by atoms with van der Waals surface area (Å²) >= 11 is 0. The van der Waals surface area contributed by atoms with Gasteiger partial charge in [0, 0.05) is 11.3 Å². The Labute approximate surface area is 253 Å². The Morgan fingerprint density at radius 1 is 0.591 bits per heavy atom. The summed E-state index contributed by atoms with van der Waals surface area (Å²) < 4.78 is 11.1. The number of benzene rings is 2. The molecule has 4 amide bonds. The van der Waals surface area contributed by atoms with Gasteiger partial charge in [0.2, 0.25) is 23.6 Å². The number of hydrogen-bond donors (Lipinski definition) is 0. The fourth-order valence-corrected chi connectivity index (χ4v) is 8.84. The van der Waals surface area contributed by atoms with Crippen LogP contribution in [0.1, 0.15) is 36.0 Å². The lowest BCUT2D eigenvalue weighted by atomic mass is 9.40. The standard InChI is InChI=1S/C36H30N2O6/c1-2-36-29(22-13-7-4-8-14-22)25(21-11-5-3-6-12-21)26(27-30(36)34(41)37(32(27)39)19-23-15-9-17-43-23)28-31(36)35(42)38(33(28)40)20-24-16-10-18-44-24/h3-18,26-28,30-31H,2,19-20H2,1H3/t26?,27-,28-,30+,31+,36?/m0/s1. The molecule has 2 saturated heterocycles. The van der Waals surface area contributed by atoms with E-state index in [4.69, 9.17) is 8.83 Å². The number of furan rings is 2. The summed E-state index contributed by atoms with van der Waals surface area (Å²) in [6.07, 6.45) is 3.43. The van der Waals surface area contributed by atoms with Gasteiger partial charge in [0.25, 0.3) is 0 Å². The van der Waals surface area contributed by atoms with Gasteiger partial charge in [-0.1, -0.05) is 67.6 Å². The maximum Gasteiger partial charge on any atom is 0.234 e. The molecule has 3 fully saturated rings. The highest BCUT2D eigenvalue weighted by Crippen LogP contribution is 2.73. The maximum atomic E-state index is 14.6. The van der Waals surface area contributed by atoms with Crippen molar-refractivity contribution in [3.8, 4) is 0 Å². The molecule has 9 rings (SSSR count). The summed E-state index contributed by atoms with van der Waals surface area (Å²) in [7, 11) is 0. The minimum absolute atomic E-state index is 0.00731. The molecule has 2 bridgehead atoms. The zero-order valence-corrected chi connectivity index (χ0v) is 24.1. The minimum atomic E-state index is -1.11. The number of amides is 4. The second-order valence-corrected chi connectivity index (χ2v) is 12.1. The lowest BCUT2D eigenvalue weighted by Gasteiger charge is -2.59. The van der Waals surface area contributed by atoms with Crippen LogP contribution in [0.5, 0.6) is 0 Å². The third kappa shape index (κ3) is 3.45. The van der Waals surface area contributed by atoms with Crippen molar-refractivity contribution in [2.45, 2.75) is 26.4 Å². The van der Waals surface area contributed by atoms with E-state index in [1.165, 1.54) is 22.3 Å². The molecule has 44 heavy (non-hydrogen) atoms. The molecule has 0 unspecified atom stereocenters. The third-order valence-electron chi connectivity index (χ3n) is 10.4. The Bertz CT molecular complexity index is 1730. The quantitative estimate of drug-likeness (QED) is 0.268. The predicted octanol–water partition coefficient (Wildman–Crippen LogP) is 5.43. The van der Waals surface area contributed by atoms with Gasteiger partial charge in [-0.2, -0.15) is 0 Å². The monoisotopic (exact) mass is 586 g/mol. The molecular formula is C36H30N2O6. The van der Waals surface area contributed by atoms with E-state index in [9.17, 15) is 19.2 Å². The molecule has 220 valence electrons. The summed E-state index contributed by atoms with van der Waals surface area (Å²) in [6.45, 7) is 1.99. The first-order valence-corrected chi connectivity index (χ1v) is 15.1. The summed E-state index contributed by atoms with van der Waals surface area (Å²) in [5.41, 5.74) is 2.45. The molecule has 4 atom stereocenters. The Kier molecular flexibility index (Phi) is 5.92. The van der Waals surface area contributed by atoms with Crippen molar-refractivity contribution in [2.24, 2.45) is 35.0 Å². The summed E-state index contributed by atoms with van der Waals surface area (Å²) in [4.78, 5) is 60.7. The smallest absolute Gasteiger partial charge is 0.234 e. The van der Waals surface area contributed by atoms with E-state index < -0.39 is 35.0 Å². The van der Waals surface area contributed by atoms with Gasteiger partial charge in [-0.05, 0) is 53.0 Å². The van der Waals surface area contributed by atoms with E-state index in [0.29, 0.717) is 17.9 Å². The number of carbonyl (C=O) groups is 4. The van der Waals surface area contributed by atoms with Crippen molar-refractivity contribution in [1.82, 2.24) is 9.80 Å². The second-order valence-electron chi connectivity index (χ2n) is 12.1. The van der Waals surface area contributed by atoms with Crippen molar-refractivity contribution in [3.05, 3.63) is 120 Å². The van der Waals surface area contributed by atoms with Crippen LogP contribution in [0.4, 0.5) is 0 Å². The van der Waals surface area contributed by atoms with Gasteiger partial charge in [-0.15, -0.1) is 0 Å². The number of hydrogen-bond acceptors (Lipinski definition) is 6. The second kappa shape index (κ2) is 9.77. The highest BCUT2D eigenvalue weighted by Gasteiger charge is 2.77. The van der Waals surface area contributed by atoms with Gasteiger partial charge in [0.05, 0.1) is 49.3 Å². The average Bonchev–Trinajstić information content (AvgIpc) is 3.86. The summed E-state index contributed by atoms with van der Waals surface area (Å²) in [5, 5.41) is 0. The fraction of sp³-hybridized carbons (Fsp3) is 0.278. The van der Waals surface area contributed by atoms with Gasteiger partial charge in [0.15, 0.2) is 0 Å². The van der Waals surface area contributed by atoms with Crippen molar-refractivity contribution in [2.75, 3.05) is 0 Å². The Balaban J connectivity index is 1.39. The fourth-order valence-electron chi connectivity index (χ4n) is 8.84. The Morgan fingerprint density at radius 2 is 1.07 bits per heavy atom. The van der Waals surface area contributed by atoms with E-state index in [1.807, 2.05) is 67.6 Å². The molecule has 0 spiro atoms. The normalized spacial score (nSPS) is 29.2. The Hall–Kier alpha value is -4.98. The van der Waals surface area contributed by atoms with Crippen LogP contribution in [0.25, 0.3) is 11.1 Å². The van der Waals surface area contributed by atoms with E-state index in [2.05, 4.69) is 0 Å². The third-order valence-corrected chi connectivity index (χ3v) is 10.4. The molecule has 4 heterocycles. The highest BCUT2D eigenvalue weighted by atomic mass is 16.3. The van der Waals surface area contributed by atoms with Crippen LogP contribution in [0.15, 0.2) is 106 Å². The number of rotatable bonds is 7. The van der Waals surface area contributed by atoms with Gasteiger partial charge in [0.1, 0.15) is 11.5 Å². The topological polar surface area (TPSA) is 101 Å². The van der Waals surface area contributed by atoms with E-state index in [0.717, 1.165) is 22.3 Å². The van der Waals surface area contributed by atoms with Crippen LogP contribution in [0.2, 0.25) is 0 Å². The molecule has 1 saturated carbocycles. The van der Waals surface area contributed by atoms with Crippen LogP contribution < -0.4 is 0 Å². The molecule has 8 nitrogen and oxygen atoms in total. The van der Waals surface area contributed by atoms with Gasteiger partial charge in [-0.3, -0.25) is 29.0 Å². The van der Waals surface area contributed by atoms with Crippen molar-refractivity contribution in [1.29, 1.82) is 0 Å². The SMILES string of the molecule is CCC12C(c3ccccc3)=C(c3ccccc3)C([C@@H]3C(=O)N(Cc4ccco4)C(=O)[C@@H]31)[C@@H]1C(=O)N(Cc3ccco3)C(=O)[C@@H]12.